The Balaban J connectivity index is 1.72. The van der Waals surface area contributed by atoms with E-state index in [0.717, 1.165) is 25.4 Å². The van der Waals surface area contributed by atoms with Gasteiger partial charge in [-0.2, -0.15) is 0 Å². The van der Waals surface area contributed by atoms with Gasteiger partial charge in [0.25, 0.3) is 0 Å². The summed E-state index contributed by atoms with van der Waals surface area (Å²) in [5.74, 6) is 1.38. The van der Waals surface area contributed by atoms with Crippen LogP contribution in [0.2, 0.25) is 0 Å². The first kappa shape index (κ1) is 10.4. The van der Waals surface area contributed by atoms with Gasteiger partial charge in [-0.25, -0.2) is 0 Å². The molecular weight excluding hydrogens is 176 g/mol. The minimum absolute atomic E-state index is 0.00528. The van der Waals surface area contributed by atoms with Crippen LogP contribution in [-0.4, -0.2) is 49.3 Å². The molecule has 82 valence electrons. The van der Waals surface area contributed by atoms with E-state index in [-0.39, 0.29) is 6.10 Å². The second-order valence-corrected chi connectivity index (χ2v) is 4.79. The van der Waals surface area contributed by atoms with Gasteiger partial charge in [-0.1, -0.05) is 0 Å². The van der Waals surface area contributed by atoms with Gasteiger partial charge in [-0.15, -0.1) is 0 Å². The number of fused-ring (bicyclic) bond motifs is 1. The van der Waals surface area contributed by atoms with Crippen molar-refractivity contribution in [3.8, 4) is 0 Å². The monoisotopic (exact) mass is 198 g/mol. The predicted octanol–water partition coefficient (Wildman–Crippen LogP) is 0.299. The second kappa shape index (κ2) is 4.60. The molecule has 0 radical (unpaired) electrons. The number of aliphatic hydroxyl groups is 1. The summed E-state index contributed by atoms with van der Waals surface area (Å²) in [5.41, 5.74) is 0. The summed E-state index contributed by atoms with van der Waals surface area (Å²) in [6.45, 7) is 4.66. The van der Waals surface area contributed by atoms with Crippen molar-refractivity contribution >= 4 is 0 Å². The molecule has 1 heterocycles. The van der Waals surface area contributed by atoms with Crippen LogP contribution < -0.4 is 5.32 Å². The minimum Gasteiger partial charge on any atom is -0.393 e. The zero-order valence-electron chi connectivity index (χ0n) is 9.08. The Hall–Kier alpha value is -0.120. The third kappa shape index (κ3) is 2.10. The van der Waals surface area contributed by atoms with Crippen molar-refractivity contribution in [2.24, 2.45) is 11.8 Å². The Labute approximate surface area is 86.5 Å². The molecule has 0 bridgehead atoms. The molecule has 0 amide bonds. The van der Waals surface area contributed by atoms with E-state index >= 15 is 0 Å². The summed E-state index contributed by atoms with van der Waals surface area (Å²) >= 11 is 0. The van der Waals surface area contributed by atoms with Crippen LogP contribution in [0.25, 0.3) is 0 Å². The number of likely N-dealkylation sites (tertiary alicyclic amines) is 1. The fourth-order valence-corrected chi connectivity index (χ4v) is 2.99. The van der Waals surface area contributed by atoms with Gasteiger partial charge < -0.3 is 15.3 Å². The van der Waals surface area contributed by atoms with E-state index in [1.807, 2.05) is 7.05 Å². The molecule has 0 spiro atoms. The molecule has 1 aliphatic carbocycles. The summed E-state index contributed by atoms with van der Waals surface area (Å²) in [6, 6.07) is 0. The quantitative estimate of drug-likeness (QED) is 0.638. The number of hydrogen-bond acceptors (Lipinski definition) is 3. The highest BCUT2D eigenvalue weighted by Crippen LogP contribution is 2.37. The van der Waals surface area contributed by atoms with Gasteiger partial charge in [-0.3, -0.25) is 0 Å². The number of hydrogen-bond donors (Lipinski definition) is 2. The number of aliphatic hydroxyl groups excluding tert-OH is 1. The molecule has 0 aromatic heterocycles. The Kier molecular flexibility index (Phi) is 3.42. The van der Waals surface area contributed by atoms with Crippen molar-refractivity contribution in [1.29, 1.82) is 0 Å². The molecule has 1 aliphatic heterocycles. The third-order valence-electron chi connectivity index (χ3n) is 3.80. The van der Waals surface area contributed by atoms with E-state index < -0.39 is 0 Å². The normalized spacial score (nSPS) is 37.7. The van der Waals surface area contributed by atoms with Gasteiger partial charge in [0.2, 0.25) is 0 Å². The molecule has 0 aromatic carbocycles. The highest BCUT2D eigenvalue weighted by molar-refractivity contribution is 4.93. The van der Waals surface area contributed by atoms with Crippen molar-refractivity contribution < 1.29 is 5.11 Å². The van der Waals surface area contributed by atoms with E-state index in [9.17, 15) is 5.11 Å². The Morgan fingerprint density at radius 1 is 1.36 bits per heavy atom. The standard InChI is InChI=1S/C11H22N2O/c1-12-5-2-6-13-7-9-3-4-11(14)10(9)8-13/h9-12,14H,2-8H2,1H3. The average Bonchev–Trinajstić information content (AvgIpc) is 2.70. The molecule has 1 saturated heterocycles. The number of nitrogens with one attached hydrogen (secondary N) is 1. The van der Waals surface area contributed by atoms with Crippen LogP contribution in [0.4, 0.5) is 0 Å². The average molecular weight is 198 g/mol. The van der Waals surface area contributed by atoms with Crippen molar-refractivity contribution in [2.45, 2.75) is 25.4 Å². The van der Waals surface area contributed by atoms with Gasteiger partial charge >= 0.3 is 0 Å². The summed E-state index contributed by atoms with van der Waals surface area (Å²) in [6.07, 6.45) is 3.51. The fraction of sp³-hybridized carbons (Fsp3) is 1.00. The molecule has 2 fully saturated rings. The highest BCUT2D eigenvalue weighted by atomic mass is 16.3. The molecule has 0 aromatic rings. The minimum atomic E-state index is -0.00528. The number of rotatable bonds is 4. The zero-order valence-corrected chi connectivity index (χ0v) is 9.08. The Morgan fingerprint density at radius 2 is 2.21 bits per heavy atom. The molecule has 1 saturated carbocycles. The van der Waals surface area contributed by atoms with Crippen LogP contribution >= 0.6 is 0 Å². The van der Waals surface area contributed by atoms with Crippen LogP contribution in [0, 0.1) is 11.8 Å². The third-order valence-corrected chi connectivity index (χ3v) is 3.80. The maximum atomic E-state index is 9.75. The largest absolute Gasteiger partial charge is 0.393 e. The van der Waals surface area contributed by atoms with E-state index in [4.69, 9.17) is 0 Å². The number of nitrogens with zero attached hydrogens (tertiary/aromatic N) is 1. The van der Waals surface area contributed by atoms with Crippen LogP contribution in [0.1, 0.15) is 19.3 Å². The molecule has 14 heavy (non-hydrogen) atoms. The zero-order chi connectivity index (χ0) is 9.97. The molecule has 2 N–H and O–H groups in total. The van der Waals surface area contributed by atoms with E-state index in [1.165, 1.54) is 25.9 Å². The van der Waals surface area contributed by atoms with Crippen LogP contribution in [0.5, 0.6) is 0 Å². The lowest BCUT2D eigenvalue weighted by Gasteiger charge is -2.17. The maximum absolute atomic E-state index is 9.75. The van der Waals surface area contributed by atoms with Crippen LogP contribution in [0.15, 0.2) is 0 Å². The lowest BCUT2D eigenvalue weighted by molar-refractivity contribution is 0.124. The maximum Gasteiger partial charge on any atom is 0.0583 e. The van der Waals surface area contributed by atoms with E-state index in [2.05, 4.69) is 10.2 Å². The lowest BCUT2D eigenvalue weighted by atomic mass is 10.00. The molecule has 3 heteroatoms. The smallest absolute Gasteiger partial charge is 0.0583 e. The predicted molar refractivity (Wildman–Crippen MR) is 57.2 cm³/mol. The summed E-state index contributed by atoms with van der Waals surface area (Å²) < 4.78 is 0. The van der Waals surface area contributed by atoms with Gasteiger partial charge in [0, 0.05) is 19.0 Å². The molecule has 2 aliphatic rings. The van der Waals surface area contributed by atoms with Gasteiger partial charge in [0.1, 0.15) is 0 Å². The highest BCUT2D eigenvalue weighted by Gasteiger charge is 2.41. The van der Waals surface area contributed by atoms with Gasteiger partial charge in [-0.05, 0) is 45.3 Å². The van der Waals surface area contributed by atoms with Gasteiger partial charge in [0.15, 0.2) is 0 Å². The fourth-order valence-electron chi connectivity index (χ4n) is 2.99. The Morgan fingerprint density at radius 3 is 2.93 bits per heavy atom. The van der Waals surface area contributed by atoms with Crippen molar-refractivity contribution in [3.05, 3.63) is 0 Å². The van der Waals surface area contributed by atoms with Crippen LogP contribution in [-0.2, 0) is 0 Å². The second-order valence-electron chi connectivity index (χ2n) is 4.79. The molecule has 3 atom stereocenters. The first-order valence-electron chi connectivity index (χ1n) is 5.86. The topological polar surface area (TPSA) is 35.5 Å². The van der Waals surface area contributed by atoms with Crippen molar-refractivity contribution in [2.75, 3.05) is 33.2 Å². The first-order chi connectivity index (χ1) is 6.81. The molecule has 2 rings (SSSR count). The van der Waals surface area contributed by atoms with E-state index in [1.54, 1.807) is 0 Å². The van der Waals surface area contributed by atoms with Gasteiger partial charge in [0.05, 0.1) is 6.10 Å². The molecule has 3 nitrogen and oxygen atoms in total. The summed E-state index contributed by atoms with van der Waals surface area (Å²) in [4.78, 5) is 2.52. The molecule has 3 unspecified atom stereocenters. The molecular formula is C11H22N2O. The lowest BCUT2D eigenvalue weighted by Crippen LogP contribution is -2.27. The summed E-state index contributed by atoms with van der Waals surface area (Å²) in [7, 11) is 2.00. The van der Waals surface area contributed by atoms with Crippen molar-refractivity contribution in [3.63, 3.8) is 0 Å². The van der Waals surface area contributed by atoms with E-state index in [0.29, 0.717) is 5.92 Å². The van der Waals surface area contributed by atoms with Crippen molar-refractivity contribution in [1.82, 2.24) is 10.2 Å². The summed E-state index contributed by atoms with van der Waals surface area (Å²) in [5, 5.41) is 12.9. The SMILES string of the molecule is CNCCCN1CC2CCC(O)C2C1. The van der Waals surface area contributed by atoms with Crippen LogP contribution in [0.3, 0.4) is 0 Å². The first-order valence-corrected chi connectivity index (χ1v) is 5.86. The Bertz CT molecular complexity index is 186.